The minimum atomic E-state index is -0.428. The van der Waals surface area contributed by atoms with Crippen LogP contribution in [0.5, 0.6) is 0 Å². The Morgan fingerprint density at radius 2 is 0.512 bits per heavy atom. The number of carbonyl (C=O) groups is 6. The van der Waals surface area contributed by atoms with E-state index in [0.717, 1.165) is 133 Å². The molecule has 4 aliphatic rings. The second-order valence-electron chi connectivity index (χ2n) is 25.7. The summed E-state index contributed by atoms with van der Waals surface area (Å²) in [5, 5.41) is 9.46. The van der Waals surface area contributed by atoms with E-state index in [1.54, 1.807) is 0 Å². The zero-order valence-electron chi connectivity index (χ0n) is 51.9. The predicted molar refractivity (Wildman–Crippen MR) is 323 cm³/mol. The van der Waals surface area contributed by atoms with Crippen LogP contribution >= 0.6 is 0 Å². The van der Waals surface area contributed by atoms with E-state index in [-0.39, 0.29) is 94.9 Å². The fraction of sp³-hybridized carbons (Fsp3) is 0.912. The molecule has 4 aliphatic carbocycles. The van der Waals surface area contributed by atoms with Crippen molar-refractivity contribution in [2.45, 2.75) is 295 Å². The van der Waals surface area contributed by atoms with Crippen molar-refractivity contribution in [3.63, 3.8) is 0 Å². The Kier molecular flexibility index (Phi) is 41.6. The summed E-state index contributed by atoms with van der Waals surface area (Å²) in [7, 11) is 0. The summed E-state index contributed by atoms with van der Waals surface area (Å²) < 4.78 is 34.0. The van der Waals surface area contributed by atoms with Crippen LogP contribution in [0.25, 0.3) is 0 Å². The number of aliphatic hydroxyl groups is 1. The van der Waals surface area contributed by atoms with E-state index >= 15 is 0 Å². The molecule has 0 radical (unpaired) electrons. The second kappa shape index (κ2) is 47.9. The third kappa shape index (κ3) is 37.9. The zero-order valence-corrected chi connectivity index (χ0v) is 51.9. The molecule has 0 aromatic heterocycles. The highest BCUT2D eigenvalue weighted by Crippen LogP contribution is 2.31. The van der Waals surface area contributed by atoms with Crippen molar-refractivity contribution < 1.29 is 62.3 Å². The van der Waals surface area contributed by atoms with Crippen LogP contribution in [-0.2, 0) is 57.2 Å². The fourth-order valence-electron chi connectivity index (χ4n) is 13.0. The molecular formula is C68H119NO13. The van der Waals surface area contributed by atoms with Crippen LogP contribution in [0.2, 0.25) is 0 Å². The molecule has 1 N–H and O–H groups in total. The molecule has 0 unspecified atom stereocenters. The number of nitrogens with zero attached hydrogens (tertiary/aromatic N) is 1. The minimum Gasteiger partial charge on any atom is -0.465 e. The maximum atomic E-state index is 13.0. The summed E-state index contributed by atoms with van der Waals surface area (Å²) in [6.07, 6.45) is 46.7. The van der Waals surface area contributed by atoms with E-state index in [1.165, 1.54) is 154 Å². The van der Waals surface area contributed by atoms with E-state index in [4.69, 9.17) is 28.4 Å². The summed E-state index contributed by atoms with van der Waals surface area (Å²) in [6, 6.07) is 0. The lowest BCUT2D eigenvalue weighted by molar-refractivity contribution is -0.156. The molecular weight excluding hydrogens is 1040 g/mol. The van der Waals surface area contributed by atoms with Crippen molar-refractivity contribution in [2.24, 2.45) is 35.5 Å². The molecule has 4 fully saturated rings. The molecule has 0 aromatic carbocycles. The molecule has 0 atom stereocenters. The largest absolute Gasteiger partial charge is 0.465 e. The number of aliphatic hydroxyl groups excluding tert-OH is 1. The van der Waals surface area contributed by atoms with Gasteiger partial charge < -0.3 is 38.4 Å². The maximum absolute atomic E-state index is 13.0. The lowest BCUT2D eigenvalue weighted by Crippen LogP contribution is -2.27. The van der Waals surface area contributed by atoms with Crippen molar-refractivity contribution in [1.29, 1.82) is 0 Å². The monoisotopic (exact) mass is 1160 g/mol. The number of hydrogen-bond acceptors (Lipinski definition) is 14. The van der Waals surface area contributed by atoms with Gasteiger partial charge >= 0.3 is 35.8 Å². The Labute approximate surface area is 497 Å². The molecule has 0 aliphatic heterocycles. The van der Waals surface area contributed by atoms with E-state index in [2.05, 4.69) is 4.90 Å². The Morgan fingerprint density at radius 1 is 0.293 bits per heavy atom. The summed E-state index contributed by atoms with van der Waals surface area (Å²) in [5.74, 6) is 0.611. The van der Waals surface area contributed by atoms with Gasteiger partial charge in [-0.15, -0.1) is 0 Å². The van der Waals surface area contributed by atoms with Gasteiger partial charge in [-0.25, -0.2) is 0 Å². The number of rotatable bonds is 48. The van der Waals surface area contributed by atoms with Crippen molar-refractivity contribution in [1.82, 2.24) is 4.90 Å². The summed E-state index contributed by atoms with van der Waals surface area (Å²) in [5.41, 5.74) is 0. The first-order valence-corrected chi connectivity index (χ1v) is 34.4. The molecule has 14 nitrogen and oxygen atoms in total. The van der Waals surface area contributed by atoms with Gasteiger partial charge in [-0.1, -0.05) is 193 Å². The number of carbonyl (C=O) groups excluding carboxylic acids is 6. The van der Waals surface area contributed by atoms with E-state index < -0.39 is 11.8 Å². The number of unbranched alkanes of at least 4 members (excludes halogenated alkanes) is 9. The van der Waals surface area contributed by atoms with Gasteiger partial charge in [-0.05, 0) is 108 Å². The smallest absolute Gasteiger partial charge is 0.305 e. The molecule has 0 amide bonds. The summed E-state index contributed by atoms with van der Waals surface area (Å²) in [4.78, 5) is 79.2. The topological polar surface area (TPSA) is 181 Å². The van der Waals surface area contributed by atoms with Crippen LogP contribution < -0.4 is 0 Å². The molecule has 0 heterocycles. The summed E-state index contributed by atoms with van der Waals surface area (Å²) >= 11 is 0. The highest BCUT2D eigenvalue weighted by atomic mass is 16.6. The SMILES string of the molecule is O=C(CCCCCN(CCCCO)CCCCCC(=O)OCC(COC(=O)CCCCC1CCCCC1)COC(=O)CCCCC1CCCCC1)OCC(COC(=O)CCCCC1CCCCC1)COC(=O)CCCCC1CCCCC1. The molecule has 4 saturated carbocycles. The van der Waals surface area contributed by atoms with Gasteiger partial charge in [-0.2, -0.15) is 0 Å². The first-order valence-electron chi connectivity index (χ1n) is 34.4. The Bertz CT molecular complexity index is 1450. The summed E-state index contributed by atoms with van der Waals surface area (Å²) in [6.45, 7) is 2.95. The van der Waals surface area contributed by atoms with E-state index in [9.17, 15) is 33.9 Å². The lowest BCUT2D eigenvalue weighted by Gasteiger charge is -2.22. The molecule has 82 heavy (non-hydrogen) atoms. The van der Waals surface area contributed by atoms with Crippen molar-refractivity contribution >= 4 is 35.8 Å². The molecule has 474 valence electrons. The highest BCUT2D eigenvalue weighted by molar-refractivity contribution is 5.71. The fourth-order valence-corrected chi connectivity index (χ4v) is 13.0. The molecule has 0 bridgehead atoms. The highest BCUT2D eigenvalue weighted by Gasteiger charge is 2.22. The molecule has 14 heteroatoms. The Balaban J connectivity index is 1.10. The Morgan fingerprint density at radius 3 is 0.744 bits per heavy atom. The van der Waals surface area contributed by atoms with Gasteiger partial charge in [0.1, 0.15) is 39.6 Å². The van der Waals surface area contributed by atoms with Crippen molar-refractivity contribution in [2.75, 3.05) is 65.9 Å². The van der Waals surface area contributed by atoms with Gasteiger partial charge in [0.05, 0.1) is 11.8 Å². The van der Waals surface area contributed by atoms with Gasteiger partial charge in [0.15, 0.2) is 0 Å². The number of ether oxygens (including phenoxy) is 6. The van der Waals surface area contributed by atoms with Crippen molar-refractivity contribution in [3.05, 3.63) is 0 Å². The molecule has 0 spiro atoms. The second-order valence-corrected chi connectivity index (χ2v) is 25.7. The standard InChI is InChI=1S/C68H119NO13/c70-50-28-27-49-69(47-25-5-15-41-63(71)77-51-61(53-79-65(73)43-21-17-37-57-29-7-1-8-30-57)54-80-66(74)44-22-18-38-58-31-9-2-10-32-58)48-26-6-16-42-64(72)78-52-62(55-81-67(75)45-23-19-39-59-33-11-3-12-34-59)56-82-68(76)46-24-20-40-60-35-13-4-14-36-60/h57-62,70H,1-56H2. The quantitative estimate of drug-likeness (QED) is 0.0345. The third-order valence-corrected chi connectivity index (χ3v) is 18.3. The van der Waals surface area contributed by atoms with Gasteiger partial charge in [0.25, 0.3) is 0 Å². The predicted octanol–water partition coefficient (Wildman–Crippen LogP) is 15.2. The van der Waals surface area contributed by atoms with Crippen LogP contribution in [0.3, 0.4) is 0 Å². The van der Waals surface area contributed by atoms with E-state index in [0.29, 0.717) is 38.5 Å². The molecule has 0 saturated heterocycles. The normalized spacial score (nSPS) is 16.8. The lowest BCUT2D eigenvalue weighted by atomic mass is 9.86. The minimum absolute atomic E-state index is 0.0222. The third-order valence-electron chi connectivity index (χ3n) is 18.3. The van der Waals surface area contributed by atoms with Gasteiger partial charge in [0, 0.05) is 45.1 Å². The molecule has 0 aromatic rings. The first-order chi connectivity index (χ1) is 40.1. The van der Waals surface area contributed by atoms with E-state index in [1.807, 2.05) is 0 Å². The van der Waals surface area contributed by atoms with Crippen LogP contribution in [0.15, 0.2) is 0 Å². The van der Waals surface area contributed by atoms with Gasteiger partial charge in [-0.3, -0.25) is 28.8 Å². The first kappa shape index (κ1) is 71.2. The number of esters is 6. The maximum Gasteiger partial charge on any atom is 0.305 e. The van der Waals surface area contributed by atoms with Crippen molar-refractivity contribution in [3.8, 4) is 0 Å². The zero-order chi connectivity index (χ0) is 58.3. The Hall–Kier alpha value is -3.26. The number of hydrogen-bond donors (Lipinski definition) is 1. The average Bonchev–Trinajstić information content (AvgIpc) is 3.49. The van der Waals surface area contributed by atoms with Crippen LogP contribution in [-0.4, -0.2) is 112 Å². The van der Waals surface area contributed by atoms with Crippen LogP contribution in [0.1, 0.15) is 295 Å². The van der Waals surface area contributed by atoms with Crippen LogP contribution in [0.4, 0.5) is 0 Å². The van der Waals surface area contributed by atoms with Crippen LogP contribution in [0, 0.1) is 35.5 Å². The average molecular weight is 1160 g/mol. The van der Waals surface area contributed by atoms with Gasteiger partial charge in [0.2, 0.25) is 0 Å². The molecule has 4 rings (SSSR count).